The first-order valence-electron chi connectivity index (χ1n) is 9.21. The number of methoxy groups -OCH3 is 1. The number of nitrogens with zero attached hydrogens (tertiary/aromatic N) is 5. The van der Waals surface area contributed by atoms with Crippen LogP contribution in [0.15, 0.2) is 29.6 Å². The number of fused-ring (bicyclic) bond motifs is 1. The van der Waals surface area contributed by atoms with E-state index in [0.717, 1.165) is 0 Å². The molecule has 1 aliphatic heterocycles. The van der Waals surface area contributed by atoms with Gasteiger partial charge in [0.05, 0.1) is 19.9 Å². The summed E-state index contributed by atoms with van der Waals surface area (Å²) in [6.45, 7) is -0.484. The molecule has 0 unspecified atom stereocenters. The van der Waals surface area contributed by atoms with E-state index in [-0.39, 0.29) is 34.4 Å². The van der Waals surface area contributed by atoms with Crippen molar-refractivity contribution in [3.8, 4) is 11.5 Å². The van der Waals surface area contributed by atoms with Crippen LogP contribution in [0.1, 0.15) is 11.8 Å². The lowest BCUT2D eigenvalue weighted by molar-refractivity contribution is -0.0501. The summed E-state index contributed by atoms with van der Waals surface area (Å²) in [5.74, 6) is 0.489. The summed E-state index contributed by atoms with van der Waals surface area (Å²) in [5.41, 5.74) is 9.73. The molecule has 4 atom stereocenters. The van der Waals surface area contributed by atoms with Gasteiger partial charge in [-0.05, 0) is 23.8 Å². The van der Waals surface area contributed by atoms with Crippen molar-refractivity contribution >= 4 is 29.1 Å². The van der Waals surface area contributed by atoms with Crippen LogP contribution in [0.4, 0.5) is 11.8 Å². The Hall–Kier alpha value is -3.52. The number of nitrogen functional groups attached to an aromatic ring is 1. The second-order valence-electron chi connectivity index (χ2n) is 6.77. The van der Waals surface area contributed by atoms with Gasteiger partial charge in [-0.2, -0.15) is 5.10 Å². The second kappa shape index (κ2) is 8.31. The minimum absolute atomic E-state index is 0.00665. The van der Waals surface area contributed by atoms with Gasteiger partial charge in [0, 0.05) is 0 Å². The zero-order valence-corrected chi connectivity index (χ0v) is 16.3. The summed E-state index contributed by atoms with van der Waals surface area (Å²) < 4.78 is 12.1. The molecule has 0 bridgehead atoms. The molecule has 31 heavy (non-hydrogen) atoms. The number of aromatic nitrogens is 4. The van der Waals surface area contributed by atoms with Crippen LogP contribution < -0.4 is 15.9 Å². The van der Waals surface area contributed by atoms with Crippen LogP contribution in [0.3, 0.4) is 0 Å². The number of phenolic OH excluding ortho intramolecular Hbond substituents is 1. The van der Waals surface area contributed by atoms with E-state index in [1.807, 2.05) is 0 Å². The van der Waals surface area contributed by atoms with Gasteiger partial charge in [-0.15, -0.1) is 0 Å². The van der Waals surface area contributed by atoms with Crippen LogP contribution in [-0.4, -0.2) is 78.2 Å². The van der Waals surface area contributed by atoms with Crippen LogP contribution in [0.25, 0.3) is 11.2 Å². The molecular formula is C18H21N7O6. The van der Waals surface area contributed by atoms with E-state index in [0.29, 0.717) is 5.56 Å². The third-order valence-corrected chi connectivity index (χ3v) is 4.86. The topological polar surface area (TPSA) is 193 Å². The number of benzene rings is 1. The summed E-state index contributed by atoms with van der Waals surface area (Å²) in [4.78, 5) is 12.4. The molecule has 164 valence electrons. The molecule has 0 aliphatic carbocycles. The Bertz CT molecular complexity index is 1120. The molecule has 0 saturated carbocycles. The number of nitrogens with two attached hydrogens (primary N) is 1. The molecule has 3 heterocycles. The Labute approximate surface area is 175 Å². The Balaban J connectivity index is 1.69. The van der Waals surface area contributed by atoms with E-state index < -0.39 is 31.1 Å². The van der Waals surface area contributed by atoms with Crippen LogP contribution >= 0.6 is 0 Å². The number of hydrogen-bond acceptors (Lipinski definition) is 12. The van der Waals surface area contributed by atoms with E-state index in [1.54, 1.807) is 12.1 Å². The summed E-state index contributed by atoms with van der Waals surface area (Å²) in [5, 5.41) is 43.8. The largest absolute Gasteiger partial charge is 0.504 e. The van der Waals surface area contributed by atoms with Crippen molar-refractivity contribution in [2.75, 3.05) is 24.9 Å². The number of ether oxygens (including phenoxy) is 2. The van der Waals surface area contributed by atoms with Gasteiger partial charge in [-0.3, -0.25) is 4.57 Å². The van der Waals surface area contributed by atoms with Gasteiger partial charge >= 0.3 is 0 Å². The van der Waals surface area contributed by atoms with Crippen molar-refractivity contribution < 1.29 is 29.9 Å². The molecule has 1 saturated heterocycles. The quantitative estimate of drug-likeness (QED) is 0.211. The Morgan fingerprint density at radius 3 is 2.84 bits per heavy atom. The maximum atomic E-state index is 10.5. The Morgan fingerprint density at radius 2 is 2.13 bits per heavy atom. The standard InChI is InChI=1S/C18H21N7O6/c1-30-10-4-8(2-3-9(10)27)5-22-24-18-23-12-15(19)20-7-21-16(12)25(18)17-14(29)13(28)11(6-26)31-17/h2-5,7,11,13-14,17,26-29H,6H2,1H3,(H,23,24)(H2,19,20,21)/t11-,13+,14-,17-/m0/s1. The van der Waals surface area contributed by atoms with E-state index in [4.69, 9.17) is 15.2 Å². The highest BCUT2D eigenvalue weighted by atomic mass is 16.6. The lowest BCUT2D eigenvalue weighted by atomic mass is 10.1. The fraction of sp³-hybridized carbons (Fsp3) is 0.333. The molecule has 4 rings (SSSR count). The normalized spacial score (nSPS) is 23.6. The van der Waals surface area contributed by atoms with Gasteiger partial charge in [0.15, 0.2) is 34.7 Å². The summed E-state index contributed by atoms with van der Waals surface area (Å²) in [6.07, 6.45) is -2.09. The average molecular weight is 431 g/mol. The van der Waals surface area contributed by atoms with Crippen molar-refractivity contribution in [3.05, 3.63) is 30.1 Å². The molecule has 0 amide bonds. The first-order valence-corrected chi connectivity index (χ1v) is 9.21. The maximum Gasteiger partial charge on any atom is 0.228 e. The number of phenols is 1. The minimum atomic E-state index is -1.36. The van der Waals surface area contributed by atoms with Gasteiger partial charge in [-0.25, -0.2) is 20.4 Å². The monoisotopic (exact) mass is 431 g/mol. The summed E-state index contributed by atoms with van der Waals surface area (Å²) >= 11 is 0. The Morgan fingerprint density at radius 1 is 1.32 bits per heavy atom. The predicted molar refractivity (Wildman–Crippen MR) is 109 cm³/mol. The lowest BCUT2D eigenvalue weighted by Gasteiger charge is -2.18. The molecule has 13 heteroatoms. The molecule has 1 fully saturated rings. The molecule has 0 radical (unpaired) electrons. The number of imidazole rings is 1. The first-order chi connectivity index (χ1) is 14.9. The maximum absolute atomic E-state index is 10.5. The van der Waals surface area contributed by atoms with Crippen molar-refractivity contribution in [2.24, 2.45) is 5.10 Å². The van der Waals surface area contributed by atoms with Crippen LogP contribution in [0, 0.1) is 0 Å². The highest BCUT2D eigenvalue weighted by Crippen LogP contribution is 2.35. The molecular weight excluding hydrogens is 410 g/mol. The van der Waals surface area contributed by atoms with Gasteiger partial charge < -0.3 is 35.6 Å². The number of aromatic hydroxyl groups is 1. The number of hydrazone groups is 1. The Kier molecular flexibility index (Phi) is 5.56. The van der Waals surface area contributed by atoms with Crippen molar-refractivity contribution in [3.63, 3.8) is 0 Å². The molecule has 13 nitrogen and oxygen atoms in total. The first kappa shape index (κ1) is 20.7. The number of hydrogen-bond donors (Lipinski definition) is 6. The van der Waals surface area contributed by atoms with Gasteiger partial charge in [0.25, 0.3) is 0 Å². The van der Waals surface area contributed by atoms with Crippen LogP contribution in [0.5, 0.6) is 11.5 Å². The van der Waals surface area contributed by atoms with E-state index in [2.05, 4.69) is 25.5 Å². The fourth-order valence-electron chi connectivity index (χ4n) is 3.28. The molecule has 1 aliphatic rings. The molecule has 2 aromatic heterocycles. The van der Waals surface area contributed by atoms with Crippen molar-refractivity contribution in [2.45, 2.75) is 24.5 Å². The number of anilines is 2. The third kappa shape index (κ3) is 3.70. The number of nitrogens with one attached hydrogen (secondary N) is 1. The van der Waals surface area contributed by atoms with Gasteiger partial charge in [0.2, 0.25) is 5.95 Å². The smallest absolute Gasteiger partial charge is 0.228 e. The van der Waals surface area contributed by atoms with Crippen molar-refractivity contribution in [1.82, 2.24) is 19.5 Å². The van der Waals surface area contributed by atoms with Crippen molar-refractivity contribution in [1.29, 1.82) is 0 Å². The van der Waals surface area contributed by atoms with Gasteiger partial charge in [-0.1, -0.05) is 0 Å². The third-order valence-electron chi connectivity index (χ3n) is 4.86. The van der Waals surface area contributed by atoms with E-state index in [1.165, 1.54) is 30.3 Å². The zero-order chi connectivity index (χ0) is 22.1. The van der Waals surface area contributed by atoms with Crippen LogP contribution in [-0.2, 0) is 4.74 Å². The number of aliphatic hydroxyl groups is 3. The van der Waals surface area contributed by atoms with Gasteiger partial charge in [0.1, 0.15) is 24.6 Å². The molecule has 0 spiro atoms. The number of rotatable bonds is 6. The average Bonchev–Trinajstić information content (AvgIpc) is 3.27. The highest BCUT2D eigenvalue weighted by molar-refractivity contribution is 5.85. The highest BCUT2D eigenvalue weighted by Gasteiger charge is 2.45. The lowest BCUT2D eigenvalue weighted by Crippen LogP contribution is -2.33. The molecule has 3 aromatic rings. The zero-order valence-electron chi connectivity index (χ0n) is 16.3. The molecule has 1 aromatic carbocycles. The molecule has 7 N–H and O–H groups in total. The SMILES string of the molecule is COc1cc(C=NNc2nc3c(N)ncnc3n2[C@H]2O[C@@H](CO)[C@@H](O)[C@@H]2O)ccc1O. The van der Waals surface area contributed by atoms with Crippen LogP contribution in [0.2, 0.25) is 0 Å². The van der Waals surface area contributed by atoms with E-state index in [9.17, 15) is 20.4 Å². The minimum Gasteiger partial charge on any atom is -0.504 e. The summed E-state index contributed by atoms with van der Waals surface area (Å²) in [7, 11) is 1.43. The predicted octanol–water partition coefficient (Wildman–Crippen LogP) is -0.820. The number of aliphatic hydroxyl groups excluding tert-OH is 3. The van der Waals surface area contributed by atoms with E-state index >= 15 is 0 Å². The summed E-state index contributed by atoms with van der Waals surface area (Å²) in [6, 6.07) is 4.67. The second-order valence-corrected chi connectivity index (χ2v) is 6.77. The fourth-order valence-corrected chi connectivity index (χ4v) is 3.28.